The number of hydrogen-bond acceptors (Lipinski definition) is 3. The molecule has 23 heavy (non-hydrogen) atoms. The Morgan fingerprint density at radius 3 is 2.35 bits per heavy atom. The van der Waals surface area contributed by atoms with Gasteiger partial charge < -0.3 is 4.90 Å². The molecule has 5 nitrogen and oxygen atoms in total. The van der Waals surface area contributed by atoms with Gasteiger partial charge in [0, 0.05) is 25.2 Å². The first-order valence-electron chi connectivity index (χ1n) is 8.04. The molecule has 2 heterocycles. The number of likely N-dealkylation sites (tertiary alicyclic amines) is 1. The van der Waals surface area contributed by atoms with Gasteiger partial charge in [-0.1, -0.05) is 18.9 Å². The Bertz CT molecular complexity index is 673. The Morgan fingerprint density at radius 2 is 1.70 bits per heavy atom. The Labute approximate surface area is 135 Å². The zero-order chi connectivity index (χ0) is 16.4. The zero-order valence-corrected chi connectivity index (χ0v) is 13.1. The van der Waals surface area contributed by atoms with Crippen molar-refractivity contribution in [2.45, 2.75) is 25.7 Å². The number of carbonyl (C=O) groups is 3. The molecule has 1 fully saturated rings. The monoisotopic (exact) mass is 312 g/mol. The molecule has 0 aliphatic carbocycles. The molecule has 120 valence electrons. The smallest absolute Gasteiger partial charge is 0.261 e. The van der Waals surface area contributed by atoms with Crippen molar-refractivity contribution in [2.75, 3.05) is 19.6 Å². The average Bonchev–Trinajstić information content (AvgIpc) is 2.78. The van der Waals surface area contributed by atoms with E-state index >= 15 is 0 Å². The van der Waals surface area contributed by atoms with Crippen LogP contribution >= 0.6 is 0 Å². The number of imide groups is 1. The van der Waals surface area contributed by atoms with Gasteiger partial charge in [-0.3, -0.25) is 19.3 Å². The Kier molecular flexibility index (Phi) is 4.28. The molecule has 5 heteroatoms. The fourth-order valence-electron chi connectivity index (χ4n) is 3.18. The molecular weight excluding hydrogens is 292 g/mol. The van der Waals surface area contributed by atoms with Gasteiger partial charge in [0.15, 0.2) is 0 Å². The van der Waals surface area contributed by atoms with Crippen LogP contribution in [0.25, 0.3) is 0 Å². The summed E-state index contributed by atoms with van der Waals surface area (Å²) >= 11 is 0. The second-order valence-electron chi connectivity index (χ2n) is 5.98. The van der Waals surface area contributed by atoms with E-state index in [4.69, 9.17) is 0 Å². The van der Waals surface area contributed by atoms with E-state index in [0.717, 1.165) is 43.7 Å². The molecule has 3 rings (SSSR count). The van der Waals surface area contributed by atoms with Gasteiger partial charge in [-0.15, -0.1) is 6.58 Å². The minimum atomic E-state index is -0.351. The molecule has 1 aromatic rings. The number of rotatable bonds is 3. The summed E-state index contributed by atoms with van der Waals surface area (Å²) in [5.74, 6) is -0.730. The van der Waals surface area contributed by atoms with Gasteiger partial charge in [-0.2, -0.15) is 0 Å². The van der Waals surface area contributed by atoms with Crippen LogP contribution in [0.2, 0.25) is 0 Å². The van der Waals surface area contributed by atoms with E-state index < -0.39 is 0 Å². The lowest BCUT2D eigenvalue weighted by molar-refractivity contribution is 0.0671. The maximum Gasteiger partial charge on any atom is 0.261 e. The molecule has 3 amide bonds. The fraction of sp³-hybridized carbons (Fsp3) is 0.389. The van der Waals surface area contributed by atoms with Crippen LogP contribution < -0.4 is 0 Å². The zero-order valence-electron chi connectivity index (χ0n) is 13.1. The first-order chi connectivity index (χ1) is 11.1. The summed E-state index contributed by atoms with van der Waals surface area (Å²) in [6.45, 7) is 5.26. The molecule has 0 aromatic heterocycles. The largest absolute Gasteiger partial charge is 0.339 e. The third-order valence-corrected chi connectivity index (χ3v) is 4.42. The number of fused-ring (bicyclic) bond motifs is 1. The number of benzene rings is 1. The van der Waals surface area contributed by atoms with Crippen molar-refractivity contribution in [1.29, 1.82) is 0 Å². The third kappa shape index (κ3) is 2.79. The number of hydrogen-bond donors (Lipinski definition) is 0. The molecule has 0 atom stereocenters. The van der Waals surface area contributed by atoms with Crippen LogP contribution in [-0.2, 0) is 0 Å². The lowest BCUT2D eigenvalue weighted by atomic mass is 10.0. The van der Waals surface area contributed by atoms with Crippen LogP contribution in [0.1, 0.15) is 56.8 Å². The van der Waals surface area contributed by atoms with Gasteiger partial charge in [0.05, 0.1) is 11.1 Å². The Balaban J connectivity index is 1.87. The average molecular weight is 312 g/mol. The van der Waals surface area contributed by atoms with E-state index in [1.54, 1.807) is 18.2 Å². The van der Waals surface area contributed by atoms with E-state index in [1.165, 1.54) is 6.08 Å². The van der Waals surface area contributed by atoms with E-state index in [-0.39, 0.29) is 24.3 Å². The van der Waals surface area contributed by atoms with Crippen molar-refractivity contribution >= 4 is 17.7 Å². The molecule has 0 spiro atoms. The molecule has 2 aliphatic rings. The predicted molar refractivity (Wildman–Crippen MR) is 86.4 cm³/mol. The minimum Gasteiger partial charge on any atom is -0.339 e. The van der Waals surface area contributed by atoms with Crippen molar-refractivity contribution in [3.8, 4) is 0 Å². The predicted octanol–water partition coefficient (Wildman–Crippen LogP) is 2.48. The summed E-state index contributed by atoms with van der Waals surface area (Å²) < 4.78 is 0. The van der Waals surface area contributed by atoms with Crippen LogP contribution in [0.15, 0.2) is 30.9 Å². The van der Waals surface area contributed by atoms with Crippen molar-refractivity contribution in [3.63, 3.8) is 0 Å². The van der Waals surface area contributed by atoms with Crippen LogP contribution in [-0.4, -0.2) is 47.2 Å². The molecular formula is C18H20N2O3. The van der Waals surface area contributed by atoms with Crippen molar-refractivity contribution in [3.05, 3.63) is 47.5 Å². The van der Waals surface area contributed by atoms with Crippen LogP contribution in [0.4, 0.5) is 0 Å². The van der Waals surface area contributed by atoms with Crippen LogP contribution in [0.5, 0.6) is 0 Å². The van der Waals surface area contributed by atoms with Gasteiger partial charge in [0.25, 0.3) is 17.7 Å². The second kappa shape index (κ2) is 6.36. The summed E-state index contributed by atoms with van der Waals surface area (Å²) in [5, 5.41) is 0. The van der Waals surface area contributed by atoms with Gasteiger partial charge in [0.1, 0.15) is 0 Å². The quantitative estimate of drug-likeness (QED) is 0.636. The van der Waals surface area contributed by atoms with Crippen LogP contribution in [0, 0.1) is 0 Å². The molecule has 0 radical (unpaired) electrons. The highest BCUT2D eigenvalue weighted by molar-refractivity contribution is 6.22. The molecule has 2 aliphatic heterocycles. The Hall–Kier alpha value is -2.43. The minimum absolute atomic E-state index is 0.0582. The molecule has 1 aromatic carbocycles. The topological polar surface area (TPSA) is 57.7 Å². The molecule has 1 saturated heterocycles. The lowest BCUT2D eigenvalue weighted by Crippen LogP contribution is -2.32. The maximum atomic E-state index is 12.6. The first-order valence-corrected chi connectivity index (χ1v) is 8.04. The first kappa shape index (κ1) is 15.5. The number of carbonyl (C=O) groups excluding carboxylic acids is 3. The van der Waals surface area contributed by atoms with E-state index in [0.29, 0.717) is 16.7 Å². The van der Waals surface area contributed by atoms with Crippen LogP contribution in [0.3, 0.4) is 0 Å². The SMILES string of the molecule is C=CCN1C(=O)c2ccc(C(=O)N3CCCCCC3)cc2C1=O. The number of amides is 3. The maximum absolute atomic E-state index is 12.6. The van der Waals surface area contributed by atoms with E-state index in [1.807, 2.05) is 4.90 Å². The summed E-state index contributed by atoms with van der Waals surface area (Å²) in [5.41, 5.74) is 1.16. The van der Waals surface area contributed by atoms with Crippen molar-refractivity contribution in [2.24, 2.45) is 0 Å². The fourth-order valence-corrected chi connectivity index (χ4v) is 3.18. The Morgan fingerprint density at radius 1 is 1.04 bits per heavy atom. The standard InChI is InChI=1S/C18H20N2O3/c1-2-9-20-17(22)14-8-7-13(12-15(14)18(20)23)16(21)19-10-5-3-4-6-11-19/h2,7-8,12H,1,3-6,9-11H2. The second-order valence-corrected chi connectivity index (χ2v) is 5.98. The summed E-state index contributed by atoms with van der Waals surface area (Å²) in [7, 11) is 0. The van der Waals surface area contributed by atoms with Gasteiger partial charge in [-0.25, -0.2) is 0 Å². The highest BCUT2D eigenvalue weighted by Crippen LogP contribution is 2.25. The summed E-state index contributed by atoms with van der Waals surface area (Å²) in [6.07, 6.45) is 5.85. The van der Waals surface area contributed by atoms with Gasteiger partial charge in [0.2, 0.25) is 0 Å². The lowest BCUT2D eigenvalue weighted by Gasteiger charge is -2.20. The van der Waals surface area contributed by atoms with Gasteiger partial charge in [-0.05, 0) is 31.0 Å². The normalized spacial score (nSPS) is 17.9. The summed E-state index contributed by atoms with van der Waals surface area (Å²) in [6, 6.07) is 4.80. The number of nitrogens with zero attached hydrogens (tertiary/aromatic N) is 2. The molecule has 0 N–H and O–H groups in total. The molecule has 0 unspecified atom stereocenters. The van der Waals surface area contributed by atoms with E-state index in [9.17, 15) is 14.4 Å². The highest BCUT2D eigenvalue weighted by Gasteiger charge is 2.35. The summed E-state index contributed by atoms with van der Waals surface area (Å²) in [4.78, 5) is 40.2. The van der Waals surface area contributed by atoms with Crippen molar-refractivity contribution < 1.29 is 14.4 Å². The molecule has 0 saturated carbocycles. The molecule has 0 bridgehead atoms. The van der Waals surface area contributed by atoms with Crippen molar-refractivity contribution in [1.82, 2.24) is 9.80 Å². The highest BCUT2D eigenvalue weighted by atomic mass is 16.2. The third-order valence-electron chi connectivity index (χ3n) is 4.42. The van der Waals surface area contributed by atoms with Gasteiger partial charge >= 0.3 is 0 Å². The van der Waals surface area contributed by atoms with E-state index in [2.05, 4.69) is 6.58 Å².